The van der Waals surface area contributed by atoms with Gasteiger partial charge >= 0.3 is 0 Å². The minimum atomic E-state index is -0.319. The summed E-state index contributed by atoms with van der Waals surface area (Å²) < 4.78 is 1.63. The zero-order valence-electron chi connectivity index (χ0n) is 16.1. The number of carbonyl (C=O) groups is 1. The molecule has 1 N–H and O–H groups in total. The van der Waals surface area contributed by atoms with E-state index in [4.69, 9.17) is 23.2 Å². The van der Waals surface area contributed by atoms with E-state index >= 15 is 0 Å². The Labute approximate surface area is 188 Å². The van der Waals surface area contributed by atoms with Gasteiger partial charge in [0.15, 0.2) is 5.13 Å². The van der Waals surface area contributed by atoms with Crippen molar-refractivity contribution in [2.75, 3.05) is 5.32 Å². The first-order valence-corrected chi connectivity index (χ1v) is 10.8. The average Bonchev–Trinajstić information content (AvgIpc) is 3.26. The van der Waals surface area contributed by atoms with E-state index in [1.54, 1.807) is 17.8 Å². The number of nitrogens with zero attached hydrogens (tertiary/aromatic N) is 3. The molecule has 0 saturated carbocycles. The zero-order chi connectivity index (χ0) is 21.1. The maximum atomic E-state index is 12.8. The first kappa shape index (κ1) is 20.6. The maximum Gasteiger partial charge on any atom is 0.262 e. The van der Waals surface area contributed by atoms with Crippen LogP contribution in [-0.2, 0) is 13.0 Å². The number of thiazole rings is 1. The van der Waals surface area contributed by atoms with Gasteiger partial charge in [-0.25, -0.2) is 9.67 Å². The second kappa shape index (κ2) is 9.00. The molecule has 5 nitrogen and oxygen atoms in total. The molecule has 8 heteroatoms. The number of amides is 1. The van der Waals surface area contributed by atoms with E-state index in [9.17, 15) is 4.79 Å². The Morgan fingerprint density at radius 1 is 1.10 bits per heavy atom. The van der Waals surface area contributed by atoms with Crippen molar-refractivity contribution >= 4 is 45.6 Å². The van der Waals surface area contributed by atoms with E-state index in [0.717, 1.165) is 16.0 Å². The summed E-state index contributed by atoms with van der Waals surface area (Å²) in [5.41, 5.74) is 3.08. The number of anilines is 1. The van der Waals surface area contributed by atoms with Crippen LogP contribution >= 0.6 is 34.5 Å². The van der Waals surface area contributed by atoms with Gasteiger partial charge in [-0.15, -0.1) is 11.3 Å². The SMILES string of the molecule is Cc1nn(Cc2ccccc2)c(Cl)c1C(=O)Nc1ncc(Cc2cccc(Cl)c2)s1. The summed E-state index contributed by atoms with van der Waals surface area (Å²) in [7, 11) is 0. The molecule has 0 unspecified atom stereocenters. The quantitative estimate of drug-likeness (QED) is 0.395. The van der Waals surface area contributed by atoms with E-state index in [-0.39, 0.29) is 5.91 Å². The van der Waals surface area contributed by atoms with Crippen LogP contribution in [0.3, 0.4) is 0 Å². The van der Waals surface area contributed by atoms with E-state index in [1.807, 2.05) is 54.6 Å². The third-order valence-corrected chi connectivity index (χ3v) is 6.04. The first-order valence-electron chi connectivity index (χ1n) is 9.27. The van der Waals surface area contributed by atoms with Gasteiger partial charge in [-0.1, -0.05) is 65.7 Å². The third-order valence-electron chi connectivity index (χ3n) is 4.51. The average molecular weight is 457 g/mol. The van der Waals surface area contributed by atoms with Crippen molar-refractivity contribution in [1.82, 2.24) is 14.8 Å². The second-order valence-corrected chi connectivity index (χ2v) is 8.70. The van der Waals surface area contributed by atoms with Crippen LogP contribution in [-0.4, -0.2) is 20.7 Å². The number of hydrogen-bond donors (Lipinski definition) is 1. The number of aryl methyl sites for hydroxylation is 1. The lowest BCUT2D eigenvalue weighted by Gasteiger charge is -2.04. The zero-order valence-corrected chi connectivity index (χ0v) is 18.4. The van der Waals surface area contributed by atoms with Crippen molar-refractivity contribution in [3.05, 3.63) is 98.2 Å². The number of hydrogen-bond acceptors (Lipinski definition) is 4. The number of halogens is 2. The van der Waals surface area contributed by atoms with Crippen molar-refractivity contribution in [3.63, 3.8) is 0 Å². The molecule has 2 aromatic heterocycles. The van der Waals surface area contributed by atoms with Crippen LogP contribution in [0.15, 0.2) is 60.8 Å². The number of carbonyl (C=O) groups excluding carboxylic acids is 1. The summed E-state index contributed by atoms with van der Waals surface area (Å²) in [4.78, 5) is 18.2. The summed E-state index contributed by atoms with van der Waals surface area (Å²) in [6.07, 6.45) is 2.46. The summed E-state index contributed by atoms with van der Waals surface area (Å²) in [5.74, 6) is -0.319. The van der Waals surface area contributed by atoms with E-state index in [0.29, 0.717) is 39.5 Å². The molecule has 0 aliphatic rings. The Bertz CT molecular complexity index is 1190. The highest BCUT2D eigenvalue weighted by Crippen LogP contribution is 2.26. The highest BCUT2D eigenvalue weighted by atomic mass is 35.5. The fourth-order valence-corrected chi connectivity index (χ4v) is 4.50. The Morgan fingerprint density at radius 2 is 1.87 bits per heavy atom. The molecule has 0 bridgehead atoms. The molecule has 4 aromatic rings. The van der Waals surface area contributed by atoms with Crippen LogP contribution in [0, 0.1) is 6.92 Å². The van der Waals surface area contributed by atoms with Gasteiger partial charge in [0.25, 0.3) is 5.91 Å². The molecule has 0 fully saturated rings. The van der Waals surface area contributed by atoms with Crippen molar-refractivity contribution in [3.8, 4) is 0 Å². The smallest absolute Gasteiger partial charge is 0.262 e. The molecule has 152 valence electrons. The van der Waals surface area contributed by atoms with Crippen molar-refractivity contribution < 1.29 is 4.79 Å². The van der Waals surface area contributed by atoms with Crippen LogP contribution in [0.5, 0.6) is 0 Å². The van der Waals surface area contributed by atoms with Gasteiger partial charge in [0.05, 0.1) is 17.8 Å². The summed E-state index contributed by atoms with van der Waals surface area (Å²) in [6, 6.07) is 17.5. The third kappa shape index (κ3) is 4.73. The number of rotatable bonds is 6. The Morgan fingerprint density at radius 3 is 2.63 bits per heavy atom. The highest BCUT2D eigenvalue weighted by Gasteiger charge is 2.21. The van der Waals surface area contributed by atoms with Crippen molar-refractivity contribution in [2.45, 2.75) is 19.9 Å². The molecule has 30 heavy (non-hydrogen) atoms. The fourth-order valence-electron chi connectivity index (χ4n) is 3.13. The molecule has 0 saturated heterocycles. The van der Waals surface area contributed by atoms with E-state index < -0.39 is 0 Å². The molecule has 4 rings (SSSR count). The number of benzene rings is 2. The summed E-state index contributed by atoms with van der Waals surface area (Å²) >= 11 is 13.9. The van der Waals surface area contributed by atoms with E-state index in [2.05, 4.69) is 15.4 Å². The van der Waals surface area contributed by atoms with Crippen LogP contribution in [0.4, 0.5) is 5.13 Å². The van der Waals surface area contributed by atoms with Gasteiger partial charge in [-0.05, 0) is 30.2 Å². The first-order chi connectivity index (χ1) is 14.5. The molecule has 1 amide bonds. The molecule has 2 aromatic carbocycles. The summed E-state index contributed by atoms with van der Waals surface area (Å²) in [6.45, 7) is 2.27. The minimum Gasteiger partial charge on any atom is -0.298 e. The normalized spacial score (nSPS) is 10.9. The standard InChI is InChI=1S/C22H18Cl2N4OS/c1-14-19(20(24)28(27-14)13-15-6-3-2-4-7-15)21(29)26-22-25-12-18(30-22)11-16-8-5-9-17(23)10-16/h2-10,12H,11,13H2,1H3,(H,25,26,29). The Balaban J connectivity index is 1.47. The summed E-state index contributed by atoms with van der Waals surface area (Å²) in [5, 5.41) is 8.80. The molecule has 0 aliphatic carbocycles. The number of nitrogens with one attached hydrogen (secondary N) is 1. The predicted octanol–water partition coefficient (Wildman–Crippen LogP) is 5.85. The van der Waals surface area contributed by atoms with E-state index in [1.165, 1.54) is 11.3 Å². The van der Waals surface area contributed by atoms with Crippen molar-refractivity contribution in [2.24, 2.45) is 0 Å². The molecule has 2 heterocycles. The molecule has 0 spiro atoms. The largest absolute Gasteiger partial charge is 0.298 e. The molecule has 0 atom stereocenters. The highest BCUT2D eigenvalue weighted by molar-refractivity contribution is 7.15. The maximum absolute atomic E-state index is 12.8. The molecular formula is C22H18Cl2N4OS. The van der Waals surface area contributed by atoms with Crippen LogP contribution in [0.2, 0.25) is 10.2 Å². The molecule has 0 aliphatic heterocycles. The van der Waals surface area contributed by atoms with Gasteiger partial charge in [0.1, 0.15) is 5.15 Å². The number of aromatic nitrogens is 3. The topological polar surface area (TPSA) is 59.8 Å². The van der Waals surface area contributed by atoms with Crippen LogP contribution in [0.25, 0.3) is 0 Å². The Kier molecular flexibility index (Phi) is 6.18. The second-order valence-electron chi connectivity index (χ2n) is 6.79. The van der Waals surface area contributed by atoms with Gasteiger partial charge in [0.2, 0.25) is 0 Å². The van der Waals surface area contributed by atoms with Crippen molar-refractivity contribution in [1.29, 1.82) is 0 Å². The minimum absolute atomic E-state index is 0.310. The Hall–Kier alpha value is -2.67. The lowest BCUT2D eigenvalue weighted by atomic mass is 10.1. The van der Waals surface area contributed by atoms with Crippen LogP contribution in [0.1, 0.15) is 32.1 Å². The monoisotopic (exact) mass is 456 g/mol. The lowest BCUT2D eigenvalue weighted by molar-refractivity contribution is 0.102. The van der Waals surface area contributed by atoms with Crippen LogP contribution < -0.4 is 5.32 Å². The van der Waals surface area contributed by atoms with Gasteiger partial charge in [-0.2, -0.15) is 5.10 Å². The van der Waals surface area contributed by atoms with Gasteiger partial charge < -0.3 is 0 Å². The molecular weight excluding hydrogens is 439 g/mol. The molecule has 0 radical (unpaired) electrons. The van der Waals surface area contributed by atoms with Gasteiger partial charge in [-0.3, -0.25) is 10.1 Å². The predicted molar refractivity (Wildman–Crippen MR) is 122 cm³/mol. The van der Waals surface area contributed by atoms with Gasteiger partial charge in [0, 0.05) is 22.5 Å². The fraction of sp³-hybridized carbons (Fsp3) is 0.136. The lowest BCUT2D eigenvalue weighted by Crippen LogP contribution is -2.13.